The van der Waals surface area contributed by atoms with E-state index in [1.165, 1.54) is 0 Å². The van der Waals surface area contributed by atoms with Crippen molar-refractivity contribution in [3.8, 4) is 11.8 Å². The molecule has 0 heterocycles. The summed E-state index contributed by atoms with van der Waals surface area (Å²) in [7, 11) is 1.65. The Kier molecular flexibility index (Phi) is 5.90. The van der Waals surface area contributed by atoms with E-state index >= 15 is 0 Å². The molecule has 0 fully saturated rings. The lowest BCUT2D eigenvalue weighted by molar-refractivity contribution is 0.415. The van der Waals surface area contributed by atoms with Gasteiger partial charge in [0.25, 0.3) is 0 Å². The average molecular weight is 342 g/mol. The zero-order chi connectivity index (χ0) is 18.2. The Hall–Kier alpha value is -3.25. The lowest BCUT2D eigenvalue weighted by Crippen LogP contribution is -2.22. The van der Waals surface area contributed by atoms with E-state index in [-0.39, 0.29) is 12.0 Å². The summed E-state index contributed by atoms with van der Waals surface area (Å²) in [5, 5.41) is 13.4. The third-order valence-electron chi connectivity index (χ3n) is 4.44. The molecule has 0 aliphatic heterocycles. The Bertz CT molecular complexity index is 839. The molecule has 0 radical (unpaired) electrons. The van der Waals surface area contributed by atoms with Crippen LogP contribution in [0.25, 0.3) is 0 Å². The molecule has 0 aliphatic rings. The quantitative estimate of drug-likeness (QED) is 0.639. The number of rotatable bonds is 7. The maximum absolute atomic E-state index is 9.87. The minimum absolute atomic E-state index is 0.102. The van der Waals surface area contributed by atoms with Crippen molar-refractivity contribution in [2.45, 2.75) is 12.5 Å². The van der Waals surface area contributed by atoms with Gasteiger partial charge in [0.15, 0.2) is 0 Å². The Labute approximate surface area is 154 Å². The number of anilines is 1. The molecule has 3 heteroatoms. The van der Waals surface area contributed by atoms with E-state index in [9.17, 15) is 5.26 Å². The van der Waals surface area contributed by atoms with Gasteiger partial charge in [-0.25, -0.2) is 0 Å². The first-order valence-corrected chi connectivity index (χ1v) is 8.69. The summed E-state index contributed by atoms with van der Waals surface area (Å²) in [5.74, 6) is 0.620. The van der Waals surface area contributed by atoms with Gasteiger partial charge in [-0.2, -0.15) is 5.26 Å². The van der Waals surface area contributed by atoms with Crippen LogP contribution in [0.1, 0.15) is 17.2 Å². The number of hydrogen-bond acceptors (Lipinski definition) is 3. The fourth-order valence-electron chi connectivity index (χ4n) is 3.05. The summed E-state index contributed by atoms with van der Waals surface area (Å²) in [6.07, 6.45) is 0.694. The topological polar surface area (TPSA) is 45.0 Å². The van der Waals surface area contributed by atoms with Gasteiger partial charge in [0.2, 0.25) is 0 Å². The molecule has 3 nitrogen and oxygen atoms in total. The van der Waals surface area contributed by atoms with Crippen LogP contribution >= 0.6 is 0 Å². The highest BCUT2D eigenvalue weighted by atomic mass is 16.5. The molecule has 0 amide bonds. The highest BCUT2D eigenvalue weighted by Crippen LogP contribution is 2.30. The summed E-state index contributed by atoms with van der Waals surface area (Å²) in [6, 6.07) is 30.5. The van der Waals surface area contributed by atoms with Crippen molar-refractivity contribution in [2.75, 3.05) is 12.4 Å². The molecule has 0 aliphatic carbocycles. The second kappa shape index (κ2) is 8.73. The smallest absolute Gasteiger partial charge is 0.119 e. The van der Waals surface area contributed by atoms with Crippen LogP contribution in [0.3, 0.4) is 0 Å². The standard InChI is InChI=1S/C23H22N2O/c1-26-22-14-12-21(13-15-22)25-23(19-10-6-3-7-11-19)20(17-24)16-18-8-4-2-5-9-18/h2-15,20,23,25H,16H2,1H3/t20-,23-/m1/s1. The highest BCUT2D eigenvalue weighted by Gasteiger charge is 2.23. The number of benzene rings is 3. The van der Waals surface area contributed by atoms with Gasteiger partial charge in [-0.05, 0) is 41.8 Å². The summed E-state index contributed by atoms with van der Waals surface area (Å²) in [6.45, 7) is 0. The number of nitriles is 1. The molecule has 0 unspecified atom stereocenters. The van der Waals surface area contributed by atoms with Crippen molar-refractivity contribution in [1.82, 2.24) is 0 Å². The first-order valence-electron chi connectivity index (χ1n) is 8.69. The average Bonchev–Trinajstić information content (AvgIpc) is 2.72. The maximum Gasteiger partial charge on any atom is 0.119 e. The van der Waals surface area contributed by atoms with Crippen molar-refractivity contribution in [2.24, 2.45) is 5.92 Å². The first-order chi connectivity index (χ1) is 12.8. The molecule has 0 spiro atoms. The van der Waals surface area contributed by atoms with E-state index in [0.717, 1.165) is 22.6 Å². The molecule has 2 atom stereocenters. The lowest BCUT2D eigenvalue weighted by Gasteiger charge is -2.25. The van der Waals surface area contributed by atoms with E-state index < -0.39 is 0 Å². The highest BCUT2D eigenvalue weighted by molar-refractivity contribution is 5.49. The van der Waals surface area contributed by atoms with E-state index in [1.807, 2.05) is 60.7 Å². The predicted molar refractivity (Wildman–Crippen MR) is 105 cm³/mol. The molecular weight excluding hydrogens is 320 g/mol. The van der Waals surface area contributed by atoms with Crippen LogP contribution in [0.4, 0.5) is 5.69 Å². The molecule has 26 heavy (non-hydrogen) atoms. The zero-order valence-electron chi connectivity index (χ0n) is 14.8. The summed E-state index contributed by atoms with van der Waals surface area (Å²) in [4.78, 5) is 0. The molecule has 1 N–H and O–H groups in total. The van der Waals surface area contributed by atoms with Crippen LogP contribution < -0.4 is 10.1 Å². The number of hydrogen-bond donors (Lipinski definition) is 1. The molecule has 3 aromatic rings. The molecule has 0 saturated carbocycles. The van der Waals surface area contributed by atoms with Gasteiger partial charge in [0.05, 0.1) is 25.1 Å². The van der Waals surface area contributed by atoms with E-state index in [0.29, 0.717) is 6.42 Å². The van der Waals surface area contributed by atoms with Gasteiger partial charge < -0.3 is 10.1 Å². The van der Waals surface area contributed by atoms with Crippen LogP contribution in [-0.4, -0.2) is 7.11 Å². The number of ether oxygens (including phenoxy) is 1. The molecular formula is C23H22N2O. The lowest BCUT2D eigenvalue weighted by atomic mass is 9.88. The molecule has 0 aromatic heterocycles. The van der Waals surface area contributed by atoms with Gasteiger partial charge in [-0.15, -0.1) is 0 Å². The third kappa shape index (κ3) is 4.43. The fraction of sp³-hybridized carbons (Fsp3) is 0.174. The maximum atomic E-state index is 9.87. The molecule has 3 aromatic carbocycles. The van der Waals surface area contributed by atoms with Crippen LogP contribution in [0.15, 0.2) is 84.9 Å². The Morgan fingerprint density at radius 1 is 0.885 bits per heavy atom. The summed E-state index contributed by atoms with van der Waals surface area (Å²) in [5.41, 5.74) is 3.23. The second-order valence-corrected chi connectivity index (χ2v) is 6.19. The first kappa shape index (κ1) is 17.6. The molecule has 3 rings (SSSR count). The Morgan fingerprint density at radius 2 is 1.50 bits per heavy atom. The fourth-order valence-corrected chi connectivity index (χ4v) is 3.05. The Morgan fingerprint density at radius 3 is 2.08 bits per heavy atom. The Balaban J connectivity index is 1.87. The van der Waals surface area contributed by atoms with Gasteiger partial charge >= 0.3 is 0 Å². The predicted octanol–water partition coefficient (Wildman–Crippen LogP) is 5.23. The SMILES string of the molecule is COc1ccc(N[C@H](c2ccccc2)[C@@H](C#N)Cc2ccccc2)cc1. The minimum Gasteiger partial charge on any atom is -0.497 e. The number of nitrogens with zero attached hydrogens (tertiary/aromatic N) is 1. The number of methoxy groups -OCH3 is 1. The monoisotopic (exact) mass is 342 g/mol. The van der Waals surface area contributed by atoms with Crippen LogP contribution in [-0.2, 0) is 6.42 Å². The van der Waals surface area contributed by atoms with Gasteiger partial charge in [0.1, 0.15) is 5.75 Å². The number of nitrogens with one attached hydrogen (secondary N) is 1. The largest absolute Gasteiger partial charge is 0.497 e. The van der Waals surface area contributed by atoms with Gasteiger partial charge in [-0.3, -0.25) is 0 Å². The molecule has 0 bridgehead atoms. The molecule has 0 saturated heterocycles. The van der Waals surface area contributed by atoms with Crippen LogP contribution in [0.5, 0.6) is 5.75 Å². The zero-order valence-corrected chi connectivity index (χ0v) is 14.8. The van der Waals surface area contributed by atoms with E-state index in [4.69, 9.17) is 4.74 Å². The third-order valence-corrected chi connectivity index (χ3v) is 4.44. The molecule has 130 valence electrons. The van der Waals surface area contributed by atoms with E-state index in [1.54, 1.807) is 7.11 Å². The van der Waals surface area contributed by atoms with Crippen molar-refractivity contribution < 1.29 is 4.74 Å². The van der Waals surface area contributed by atoms with Crippen molar-refractivity contribution in [3.63, 3.8) is 0 Å². The van der Waals surface area contributed by atoms with Crippen molar-refractivity contribution in [1.29, 1.82) is 5.26 Å². The van der Waals surface area contributed by atoms with Crippen molar-refractivity contribution in [3.05, 3.63) is 96.1 Å². The summed E-state index contributed by atoms with van der Waals surface area (Å²) >= 11 is 0. The minimum atomic E-state index is -0.193. The van der Waals surface area contributed by atoms with Crippen molar-refractivity contribution >= 4 is 5.69 Å². The van der Waals surface area contributed by atoms with E-state index in [2.05, 4.69) is 35.7 Å². The van der Waals surface area contributed by atoms with Gasteiger partial charge in [0, 0.05) is 5.69 Å². The summed E-state index contributed by atoms with van der Waals surface area (Å²) < 4.78 is 5.23. The van der Waals surface area contributed by atoms with Crippen LogP contribution in [0.2, 0.25) is 0 Å². The van der Waals surface area contributed by atoms with Crippen LogP contribution in [0, 0.1) is 17.2 Å². The normalized spacial score (nSPS) is 12.6. The second-order valence-electron chi connectivity index (χ2n) is 6.19. The van der Waals surface area contributed by atoms with Gasteiger partial charge in [-0.1, -0.05) is 60.7 Å².